The van der Waals surface area contributed by atoms with Crippen LogP contribution in [0.5, 0.6) is 0 Å². The SMILES string of the molecule is Cc1ccc(Cl)cc1Nc1ccc(NS(=O)(=O)N(C)C)nn1. The third-order valence-corrected chi connectivity index (χ3v) is 4.50. The predicted octanol–water partition coefficient (Wildman–Crippen LogP) is 2.40. The number of aryl methyl sites for hydroxylation is 1. The van der Waals surface area contributed by atoms with Crippen molar-refractivity contribution in [3.63, 3.8) is 0 Å². The van der Waals surface area contributed by atoms with Gasteiger partial charge in [0.15, 0.2) is 11.6 Å². The van der Waals surface area contributed by atoms with Gasteiger partial charge in [0.1, 0.15) is 0 Å². The molecule has 0 unspecified atom stereocenters. The zero-order valence-corrected chi connectivity index (χ0v) is 13.9. The molecule has 118 valence electrons. The van der Waals surface area contributed by atoms with Crippen molar-refractivity contribution in [2.75, 3.05) is 24.1 Å². The molecule has 0 aliphatic carbocycles. The number of halogens is 1. The van der Waals surface area contributed by atoms with E-state index in [1.807, 2.05) is 13.0 Å². The van der Waals surface area contributed by atoms with Gasteiger partial charge in [0.2, 0.25) is 0 Å². The molecule has 1 heterocycles. The van der Waals surface area contributed by atoms with E-state index in [1.165, 1.54) is 20.2 Å². The second-order valence-electron chi connectivity index (χ2n) is 4.78. The van der Waals surface area contributed by atoms with Crippen LogP contribution in [0, 0.1) is 6.92 Å². The average molecular weight is 342 g/mol. The van der Waals surface area contributed by atoms with Crippen LogP contribution in [0.2, 0.25) is 5.02 Å². The minimum absolute atomic E-state index is 0.141. The van der Waals surface area contributed by atoms with Crippen LogP contribution in [0.25, 0.3) is 0 Å². The molecule has 0 aliphatic rings. The van der Waals surface area contributed by atoms with E-state index in [2.05, 4.69) is 20.2 Å². The molecule has 0 amide bonds. The Kier molecular flexibility index (Phi) is 4.84. The van der Waals surface area contributed by atoms with Crippen molar-refractivity contribution in [3.8, 4) is 0 Å². The minimum atomic E-state index is -3.59. The van der Waals surface area contributed by atoms with Crippen molar-refractivity contribution >= 4 is 39.1 Å². The third-order valence-electron chi connectivity index (χ3n) is 2.84. The molecular formula is C13H16ClN5O2S. The van der Waals surface area contributed by atoms with Gasteiger partial charge in [-0.3, -0.25) is 4.72 Å². The largest absolute Gasteiger partial charge is 0.338 e. The van der Waals surface area contributed by atoms with E-state index in [1.54, 1.807) is 18.2 Å². The van der Waals surface area contributed by atoms with E-state index in [0.717, 1.165) is 15.6 Å². The minimum Gasteiger partial charge on any atom is -0.338 e. The Bertz CT molecular complexity index is 762. The first kappa shape index (κ1) is 16.5. The highest BCUT2D eigenvalue weighted by Crippen LogP contribution is 2.23. The quantitative estimate of drug-likeness (QED) is 0.872. The summed E-state index contributed by atoms with van der Waals surface area (Å²) in [5.74, 6) is 0.625. The van der Waals surface area contributed by atoms with E-state index in [9.17, 15) is 8.42 Å². The van der Waals surface area contributed by atoms with E-state index < -0.39 is 10.2 Å². The van der Waals surface area contributed by atoms with Crippen LogP contribution in [-0.2, 0) is 10.2 Å². The molecule has 0 spiro atoms. The van der Waals surface area contributed by atoms with Gasteiger partial charge in [-0.25, -0.2) is 0 Å². The summed E-state index contributed by atoms with van der Waals surface area (Å²) in [5, 5.41) is 11.5. The predicted molar refractivity (Wildman–Crippen MR) is 87.7 cm³/mol. The fourth-order valence-electron chi connectivity index (χ4n) is 1.54. The van der Waals surface area contributed by atoms with Gasteiger partial charge in [0.05, 0.1) is 0 Å². The van der Waals surface area contributed by atoms with Gasteiger partial charge in [-0.15, -0.1) is 10.2 Å². The molecule has 0 saturated heterocycles. The fourth-order valence-corrected chi connectivity index (χ4v) is 2.27. The molecule has 2 N–H and O–H groups in total. The van der Waals surface area contributed by atoms with Gasteiger partial charge in [-0.1, -0.05) is 17.7 Å². The second kappa shape index (κ2) is 6.47. The first-order valence-corrected chi connectivity index (χ1v) is 8.17. The number of nitrogens with zero attached hydrogens (tertiary/aromatic N) is 3. The van der Waals surface area contributed by atoms with Crippen molar-refractivity contribution in [3.05, 3.63) is 40.9 Å². The maximum absolute atomic E-state index is 11.7. The summed E-state index contributed by atoms with van der Waals surface area (Å²) in [5.41, 5.74) is 1.81. The molecule has 0 bridgehead atoms. The van der Waals surface area contributed by atoms with Gasteiger partial charge in [-0.05, 0) is 36.8 Å². The lowest BCUT2D eigenvalue weighted by molar-refractivity contribution is 0.526. The topological polar surface area (TPSA) is 87.2 Å². The Morgan fingerprint density at radius 2 is 1.73 bits per heavy atom. The number of nitrogens with one attached hydrogen (secondary N) is 2. The maximum atomic E-state index is 11.7. The lowest BCUT2D eigenvalue weighted by atomic mass is 10.2. The molecule has 2 aromatic rings. The maximum Gasteiger partial charge on any atom is 0.302 e. The Morgan fingerprint density at radius 1 is 1.09 bits per heavy atom. The molecule has 1 aromatic carbocycles. The lowest BCUT2D eigenvalue weighted by Gasteiger charge is -2.13. The molecule has 2 rings (SSSR count). The molecule has 0 saturated carbocycles. The zero-order valence-electron chi connectivity index (χ0n) is 12.3. The first-order valence-electron chi connectivity index (χ1n) is 6.35. The summed E-state index contributed by atoms with van der Waals surface area (Å²) < 4.78 is 26.7. The summed E-state index contributed by atoms with van der Waals surface area (Å²) in [6.45, 7) is 1.94. The molecule has 0 radical (unpaired) electrons. The number of benzene rings is 1. The first-order chi connectivity index (χ1) is 10.3. The van der Waals surface area contributed by atoms with Crippen molar-refractivity contribution in [1.29, 1.82) is 0 Å². The van der Waals surface area contributed by atoms with Crippen LogP contribution in [0.1, 0.15) is 5.56 Å². The van der Waals surface area contributed by atoms with Crippen molar-refractivity contribution in [2.24, 2.45) is 0 Å². The third kappa shape index (κ3) is 4.06. The van der Waals surface area contributed by atoms with E-state index in [4.69, 9.17) is 11.6 Å². The van der Waals surface area contributed by atoms with Gasteiger partial charge in [0.25, 0.3) is 0 Å². The van der Waals surface area contributed by atoms with E-state index in [-0.39, 0.29) is 5.82 Å². The Morgan fingerprint density at radius 3 is 2.32 bits per heavy atom. The van der Waals surface area contributed by atoms with Crippen LogP contribution in [-0.4, -0.2) is 37.0 Å². The van der Waals surface area contributed by atoms with Crippen LogP contribution >= 0.6 is 11.6 Å². The summed E-state index contributed by atoms with van der Waals surface area (Å²) in [6.07, 6.45) is 0. The number of aromatic nitrogens is 2. The van der Waals surface area contributed by atoms with Crippen LogP contribution in [0.3, 0.4) is 0 Å². The molecule has 0 atom stereocenters. The Hall–Kier alpha value is -1.90. The second-order valence-corrected chi connectivity index (χ2v) is 7.10. The molecule has 9 heteroatoms. The van der Waals surface area contributed by atoms with Crippen LogP contribution in [0.4, 0.5) is 17.3 Å². The molecule has 22 heavy (non-hydrogen) atoms. The van der Waals surface area contributed by atoms with Gasteiger partial charge in [-0.2, -0.15) is 12.7 Å². The zero-order chi connectivity index (χ0) is 16.3. The van der Waals surface area contributed by atoms with Crippen LogP contribution in [0.15, 0.2) is 30.3 Å². The molecule has 0 aliphatic heterocycles. The number of anilines is 3. The van der Waals surface area contributed by atoms with E-state index in [0.29, 0.717) is 10.8 Å². The van der Waals surface area contributed by atoms with Gasteiger partial charge < -0.3 is 5.32 Å². The van der Waals surface area contributed by atoms with E-state index >= 15 is 0 Å². The summed E-state index contributed by atoms with van der Waals surface area (Å²) in [6, 6.07) is 8.61. The Balaban J connectivity index is 2.14. The molecule has 0 fully saturated rings. The average Bonchev–Trinajstić information content (AvgIpc) is 2.44. The van der Waals surface area contributed by atoms with Crippen molar-refractivity contribution in [1.82, 2.24) is 14.5 Å². The lowest BCUT2D eigenvalue weighted by Crippen LogP contribution is -2.29. The highest BCUT2D eigenvalue weighted by atomic mass is 35.5. The highest BCUT2D eigenvalue weighted by Gasteiger charge is 2.13. The standard InChI is InChI=1S/C13H16ClN5O2S/c1-9-4-5-10(14)8-11(9)15-12-6-7-13(17-16-12)18-22(20,21)19(2)3/h4-8H,1-3H3,(H,15,16)(H,17,18). The highest BCUT2D eigenvalue weighted by molar-refractivity contribution is 7.90. The van der Waals surface area contributed by atoms with Crippen molar-refractivity contribution < 1.29 is 8.42 Å². The molecule has 7 nitrogen and oxygen atoms in total. The fraction of sp³-hybridized carbons (Fsp3) is 0.231. The molecular weight excluding hydrogens is 326 g/mol. The number of hydrogen-bond acceptors (Lipinski definition) is 5. The van der Waals surface area contributed by atoms with Crippen molar-refractivity contribution in [2.45, 2.75) is 6.92 Å². The number of hydrogen-bond donors (Lipinski definition) is 2. The molecule has 1 aromatic heterocycles. The Labute approximate surface area is 134 Å². The summed E-state index contributed by atoms with van der Waals surface area (Å²) in [7, 11) is -0.744. The number of rotatable bonds is 5. The normalized spacial score (nSPS) is 11.5. The summed E-state index contributed by atoms with van der Waals surface area (Å²) in [4.78, 5) is 0. The van der Waals surface area contributed by atoms with Crippen LogP contribution < -0.4 is 10.0 Å². The monoisotopic (exact) mass is 341 g/mol. The summed E-state index contributed by atoms with van der Waals surface area (Å²) >= 11 is 5.95. The smallest absolute Gasteiger partial charge is 0.302 e. The van der Waals surface area contributed by atoms with Gasteiger partial charge >= 0.3 is 10.2 Å². The van der Waals surface area contributed by atoms with Gasteiger partial charge in [0, 0.05) is 24.8 Å².